The van der Waals surface area contributed by atoms with Gasteiger partial charge in [0.25, 0.3) is 0 Å². The zero-order valence-electron chi connectivity index (χ0n) is 9.18. The first kappa shape index (κ1) is 13.4. The van der Waals surface area contributed by atoms with E-state index in [4.69, 9.17) is 5.11 Å². The van der Waals surface area contributed by atoms with Gasteiger partial charge in [0.1, 0.15) is 0 Å². The molecule has 0 aromatic rings. The number of nitrogens with one attached hydrogen (secondary N) is 2. The first-order valence-electron chi connectivity index (χ1n) is 5.35. The molecule has 0 fully saturated rings. The minimum absolute atomic E-state index is 0.0823. The average molecular weight is 202 g/mol. The molecule has 0 aliphatic carbocycles. The number of amides is 1. The van der Waals surface area contributed by atoms with E-state index in [0.717, 1.165) is 12.8 Å². The molecule has 1 unspecified atom stereocenters. The van der Waals surface area contributed by atoms with Crippen LogP contribution in [0.25, 0.3) is 0 Å². The molecule has 4 nitrogen and oxygen atoms in total. The van der Waals surface area contributed by atoms with Crippen LogP contribution in [0, 0.1) is 0 Å². The number of carbonyl (C=O) groups is 1. The van der Waals surface area contributed by atoms with E-state index in [1.54, 1.807) is 0 Å². The Morgan fingerprint density at radius 1 is 1.43 bits per heavy atom. The van der Waals surface area contributed by atoms with Gasteiger partial charge < -0.3 is 15.7 Å². The monoisotopic (exact) mass is 202 g/mol. The SMILES string of the molecule is CCNC(=O)CCNC(CC)CCO. The van der Waals surface area contributed by atoms with Crippen LogP contribution in [0.2, 0.25) is 0 Å². The van der Waals surface area contributed by atoms with Crippen LogP contribution in [0.5, 0.6) is 0 Å². The minimum atomic E-state index is 0.0823. The van der Waals surface area contributed by atoms with Crippen molar-refractivity contribution in [2.45, 2.75) is 39.2 Å². The van der Waals surface area contributed by atoms with E-state index in [-0.39, 0.29) is 12.5 Å². The molecule has 0 aliphatic heterocycles. The lowest BCUT2D eigenvalue weighted by molar-refractivity contribution is -0.120. The summed E-state index contributed by atoms with van der Waals surface area (Å²) in [6.07, 6.45) is 2.25. The molecule has 0 heterocycles. The van der Waals surface area contributed by atoms with E-state index < -0.39 is 0 Å². The van der Waals surface area contributed by atoms with Crippen LogP contribution in [-0.4, -0.2) is 36.8 Å². The van der Waals surface area contributed by atoms with Crippen molar-refractivity contribution in [1.82, 2.24) is 10.6 Å². The van der Waals surface area contributed by atoms with E-state index in [2.05, 4.69) is 17.6 Å². The van der Waals surface area contributed by atoms with Gasteiger partial charge in [-0.05, 0) is 19.8 Å². The molecule has 1 atom stereocenters. The van der Waals surface area contributed by atoms with Crippen molar-refractivity contribution in [2.75, 3.05) is 19.7 Å². The molecule has 0 radical (unpaired) electrons. The Labute approximate surface area is 86.1 Å². The van der Waals surface area contributed by atoms with Crippen LogP contribution in [0.3, 0.4) is 0 Å². The Balaban J connectivity index is 3.45. The van der Waals surface area contributed by atoms with E-state index in [1.807, 2.05) is 6.92 Å². The van der Waals surface area contributed by atoms with Crippen LogP contribution in [-0.2, 0) is 4.79 Å². The Bertz CT molecular complexity index is 151. The van der Waals surface area contributed by atoms with Gasteiger partial charge in [0.15, 0.2) is 0 Å². The first-order chi connectivity index (χ1) is 6.74. The zero-order chi connectivity index (χ0) is 10.8. The quantitative estimate of drug-likeness (QED) is 0.529. The predicted octanol–water partition coefficient (Wildman–Crippen LogP) is 0.263. The Morgan fingerprint density at radius 3 is 2.64 bits per heavy atom. The summed E-state index contributed by atoms with van der Waals surface area (Å²) < 4.78 is 0. The van der Waals surface area contributed by atoms with Crippen LogP contribution < -0.4 is 10.6 Å². The van der Waals surface area contributed by atoms with Gasteiger partial charge in [0.2, 0.25) is 5.91 Å². The van der Waals surface area contributed by atoms with Gasteiger partial charge in [0, 0.05) is 32.2 Å². The average Bonchev–Trinajstić information content (AvgIpc) is 2.17. The first-order valence-corrected chi connectivity index (χ1v) is 5.35. The maximum atomic E-state index is 11.1. The third kappa shape index (κ3) is 6.86. The van der Waals surface area contributed by atoms with Crippen molar-refractivity contribution in [3.63, 3.8) is 0 Å². The van der Waals surface area contributed by atoms with Crippen molar-refractivity contribution >= 4 is 5.91 Å². The van der Waals surface area contributed by atoms with Gasteiger partial charge in [0.05, 0.1) is 0 Å². The second kappa shape index (κ2) is 8.97. The molecule has 0 aromatic carbocycles. The zero-order valence-corrected chi connectivity index (χ0v) is 9.18. The topological polar surface area (TPSA) is 61.4 Å². The summed E-state index contributed by atoms with van der Waals surface area (Å²) in [5.74, 6) is 0.0823. The van der Waals surface area contributed by atoms with Crippen LogP contribution in [0.4, 0.5) is 0 Å². The van der Waals surface area contributed by atoms with Crippen molar-refractivity contribution in [3.8, 4) is 0 Å². The highest BCUT2D eigenvalue weighted by Crippen LogP contribution is 1.96. The van der Waals surface area contributed by atoms with E-state index in [9.17, 15) is 4.79 Å². The Hall–Kier alpha value is -0.610. The fourth-order valence-corrected chi connectivity index (χ4v) is 1.28. The molecular formula is C10H22N2O2. The number of aliphatic hydroxyl groups is 1. The van der Waals surface area contributed by atoms with Gasteiger partial charge >= 0.3 is 0 Å². The third-order valence-electron chi connectivity index (χ3n) is 2.13. The molecule has 1 amide bonds. The largest absolute Gasteiger partial charge is 0.396 e. The highest BCUT2D eigenvalue weighted by molar-refractivity contribution is 5.75. The molecule has 0 rings (SSSR count). The number of aliphatic hydroxyl groups excluding tert-OH is 1. The van der Waals surface area contributed by atoms with Gasteiger partial charge in [-0.3, -0.25) is 4.79 Å². The smallest absolute Gasteiger partial charge is 0.221 e. The lowest BCUT2D eigenvalue weighted by atomic mass is 10.1. The molecule has 0 saturated carbocycles. The van der Waals surface area contributed by atoms with Gasteiger partial charge in [-0.1, -0.05) is 6.92 Å². The summed E-state index contributed by atoms with van der Waals surface area (Å²) in [4.78, 5) is 11.1. The van der Waals surface area contributed by atoms with E-state index >= 15 is 0 Å². The van der Waals surface area contributed by atoms with E-state index in [0.29, 0.717) is 25.6 Å². The number of hydrogen-bond donors (Lipinski definition) is 3. The van der Waals surface area contributed by atoms with Crippen molar-refractivity contribution in [1.29, 1.82) is 0 Å². The fourth-order valence-electron chi connectivity index (χ4n) is 1.28. The standard InChI is InChI=1S/C10H22N2O2/c1-3-9(6-8-13)12-7-5-10(14)11-4-2/h9,12-13H,3-8H2,1-2H3,(H,11,14). The summed E-state index contributed by atoms with van der Waals surface area (Å²) in [5, 5.41) is 14.7. The van der Waals surface area contributed by atoms with Crippen LogP contribution >= 0.6 is 0 Å². The second-order valence-electron chi connectivity index (χ2n) is 3.28. The molecule has 0 aromatic heterocycles. The predicted molar refractivity (Wildman–Crippen MR) is 57.1 cm³/mol. The molecule has 0 saturated heterocycles. The van der Waals surface area contributed by atoms with Crippen LogP contribution in [0.15, 0.2) is 0 Å². The molecular weight excluding hydrogens is 180 g/mol. The third-order valence-corrected chi connectivity index (χ3v) is 2.13. The minimum Gasteiger partial charge on any atom is -0.396 e. The molecule has 3 N–H and O–H groups in total. The molecule has 4 heteroatoms. The van der Waals surface area contributed by atoms with Crippen molar-refractivity contribution in [2.24, 2.45) is 0 Å². The van der Waals surface area contributed by atoms with Gasteiger partial charge in [-0.25, -0.2) is 0 Å². The number of rotatable bonds is 8. The molecule has 0 bridgehead atoms. The van der Waals surface area contributed by atoms with Crippen molar-refractivity contribution < 1.29 is 9.90 Å². The van der Waals surface area contributed by atoms with Crippen LogP contribution in [0.1, 0.15) is 33.1 Å². The Kier molecular flexibility index (Phi) is 8.57. The molecule has 0 aliphatic rings. The maximum absolute atomic E-state index is 11.1. The summed E-state index contributed by atoms with van der Waals surface area (Å²) in [6, 6.07) is 0.328. The van der Waals surface area contributed by atoms with Gasteiger partial charge in [-0.2, -0.15) is 0 Å². The highest BCUT2D eigenvalue weighted by atomic mass is 16.3. The lowest BCUT2D eigenvalue weighted by Crippen LogP contribution is -2.33. The lowest BCUT2D eigenvalue weighted by Gasteiger charge is -2.15. The molecule has 14 heavy (non-hydrogen) atoms. The molecule has 84 valence electrons. The highest BCUT2D eigenvalue weighted by Gasteiger charge is 2.05. The van der Waals surface area contributed by atoms with Gasteiger partial charge in [-0.15, -0.1) is 0 Å². The number of carbonyl (C=O) groups excluding carboxylic acids is 1. The Morgan fingerprint density at radius 2 is 2.14 bits per heavy atom. The maximum Gasteiger partial charge on any atom is 0.221 e. The summed E-state index contributed by atoms with van der Waals surface area (Å²) in [5.41, 5.74) is 0. The fraction of sp³-hybridized carbons (Fsp3) is 0.900. The van der Waals surface area contributed by atoms with Crippen molar-refractivity contribution in [3.05, 3.63) is 0 Å². The summed E-state index contributed by atoms with van der Waals surface area (Å²) >= 11 is 0. The summed E-state index contributed by atoms with van der Waals surface area (Å²) in [6.45, 7) is 5.55. The summed E-state index contributed by atoms with van der Waals surface area (Å²) in [7, 11) is 0. The second-order valence-corrected chi connectivity index (χ2v) is 3.28. The number of hydrogen-bond acceptors (Lipinski definition) is 3. The normalized spacial score (nSPS) is 12.5. The molecule has 0 spiro atoms. The van der Waals surface area contributed by atoms with E-state index in [1.165, 1.54) is 0 Å².